The van der Waals surface area contributed by atoms with Crippen LogP contribution in [0.2, 0.25) is 0 Å². The van der Waals surface area contributed by atoms with Gasteiger partial charge in [0.25, 0.3) is 0 Å². The summed E-state index contributed by atoms with van der Waals surface area (Å²) in [6, 6.07) is 7.91. The van der Waals surface area contributed by atoms with Crippen LogP contribution in [0.3, 0.4) is 0 Å². The van der Waals surface area contributed by atoms with E-state index in [4.69, 9.17) is 16.2 Å². The van der Waals surface area contributed by atoms with Crippen molar-refractivity contribution in [3.63, 3.8) is 0 Å². The summed E-state index contributed by atoms with van der Waals surface area (Å²) in [4.78, 5) is 20.8. The van der Waals surface area contributed by atoms with Crippen LogP contribution in [0.15, 0.2) is 29.3 Å². The highest BCUT2D eigenvalue weighted by Crippen LogP contribution is 2.23. The fraction of sp³-hybridized carbons (Fsp3) is 0.500. The van der Waals surface area contributed by atoms with E-state index in [0.29, 0.717) is 13.0 Å². The van der Waals surface area contributed by atoms with Crippen LogP contribution in [0.25, 0.3) is 10.2 Å². The van der Waals surface area contributed by atoms with E-state index in [1.54, 1.807) is 11.3 Å². The van der Waals surface area contributed by atoms with Gasteiger partial charge >= 0.3 is 6.09 Å². The Morgan fingerprint density at radius 1 is 1.35 bits per heavy atom. The van der Waals surface area contributed by atoms with Gasteiger partial charge in [-0.3, -0.25) is 4.99 Å². The van der Waals surface area contributed by atoms with Crippen molar-refractivity contribution in [2.45, 2.75) is 51.7 Å². The molecule has 142 valence electrons. The highest BCUT2D eigenvalue weighted by molar-refractivity contribution is 7.18. The lowest BCUT2D eigenvalue weighted by atomic mass is 10.1. The number of carbonyl (C=O) groups is 1. The first-order valence-corrected chi connectivity index (χ1v) is 9.44. The van der Waals surface area contributed by atoms with Crippen molar-refractivity contribution in [2.75, 3.05) is 6.54 Å². The van der Waals surface area contributed by atoms with Gasteiger partial charge in [-0.2, -0.15) is 0 Å². The Morgan fingerprint density at radius 3 is 2.73 bits per heavy atom. The molecule has 2 aromatic rings. The second-order valence-electron chi connectivity index (χ2n) is 7.07. The second kappa shape index (κ2) is 8.84. The number of aliphatic imine (C=N–C) groups is 1. The van der Waals surface area contributed by atoms with Crippen LogP contribution in [0.5, 0.6) is 0 Å². The molecule has 0 spiro atoms. The monoisotopic (exact) mass is 377 g/mol. The number of nitrogens with two attached hydrogens (primary N) is 2. The lowest BCUT2D eigenvalue weighted by molar-refractivity contribution is 0.0501. The molecule has 0 bridgehead atoms. The Hall–Kier alpha value is -2.35. The molecule has 0 aliphatic heterocycles. The summed E-state index contributed by atoms with van der Waals surface area (Å²) in [5.41, 5.74) is 11.1. The van der Waals surface area contributed by atoms with Crippen LogP contribution < -0.4 is 16.8 Å². The molecule has 26 heavy (non-hydrogen) atoms. The number of benzene rings is 1. The first-order valence-electron chi connectivity index (χ1n) is 8.62. The third kappa shape index (κ3) is 6.87. The summed E-state index contributed by atoms with van der Waals surface area (Å²) in [6.45, 7) is 6.05. The molecule has 0 unspecified atom stereocenters. The Labute approximate surface area is 157 Å². The quantitative estimate of drug-likeness (QED) is 0.390. The minimum Gasteiger partial charge on any atom is -0.444 e. The van der Waals surface area contributed by atoms with Gasteiger partial charge in [0.2, 0.25) is 0 Å². The zero-order valence-electron chi connectivity index (χ0n) is 15.5. The van der Waals surface area contributed by atoms with E-state index in [0.717, 1.165) is 28.1 Å². The minimum atomic E-state index is -0.539. The van der Waals surface area contributed by atoms with Crippen molar-refractivity contribution < 1.29 is 9.53 Å². The molecule has 0 aliphatic rings. The van der Waals surface area contributed by atoms with E-state index < -0.39 is 11.7 Å². The third-order valence-corrected chi connectivity index (χ3v) is 4.54. The Morgan fingerprint density at radius 2 is 2.08 bits per heavy atom. The number of hydrogen-bond acceptors (Lipinski definition) is 5. The zero-order chi connectivity index (χ0) is 19.2. The Kier molecular flexibility index (Phi) is 6.79. The largest absolute Gasteiger partial charge is 0.444 e. The molecule has 0 radical (unpaired) electrons. The molecule has 1 atom stereocenters. The van der Waals surface area contributed by atoms with E-state index in [-0.39, 0.29) is 12.0 Å². The number of rotatable bonds is 7. The summed E-state index contributed by atoms with van der Waals surface area (Å²) >= 11 is 1.64. The SMILES string of the molecule is CC(C)(C)OC(=O)N[C@@H](CCCN=C(N)N)Cc1nc2ccccc2s1. The average Bonchev–Trinajstić information content (AvgIpc) is 2.91. The molecule has 1 amide bonds. The molecule has 1 aromatic heterocycles. The van der Waals surface area contributed by atoms with E-state index in [1.807, 2.05) is 45.0 Å². The number of amides is 1. The highest BCUT2D eigenvalue weighted by Gasteiger charge is 2.20. The summed E-state index contributed by atoms with van der Waals surface area (Å²) < 4.78 is 6.51. The van der Waals surface area contributed by atoms with Gasteiger partial charge in [-0.15, -0.1) is 11.3 Å². The van der Waals surface area contributed by atoms with Gasteiger partial charge in [-0.05, 0) is 45.7 Å². The number of guanidine groups is 1. The van der Waals surface area contributed by atoms with Crippen LogP contribution in [0, 0.1) is 0 Å². The summed E-state index contributed by atoms with van der Waals surface area (Å²) in [5, 5.41) is 3.93. The van der Waals surface area contributed by atoms with Crippen LogP contribution in [-0.2, 0) is 11.2 Å². The fourth-order valence-electron chi connectivity index (χ4n) is 2.46. The molecular formula is C18H27N5O2S. The van der Waals surface area contributed by atoms with Crippen LogP contribution >= 0.6 is 11.3 Å². The van der Waals surface area contributed by atoms with Crippen molar-refractivity contribution in [3.05, 3.63) is 29.3 Å². The molecule has 0 fully saturated rings. The van der Waals surface area contributed by atoms with Crippen molar-refractivity contribution in [1.82, 2.24) is 10.3 Å². The number of para-hydroxylation sites is 1. The number of carbonyl (C=O) groups excluding carboxylic acids is 1. The van der Waals surface area contributed by atoms with E-state index in [2.05, 4.69) is 15.3 Å². The maximum absolute atomic E-state index is 12.2. The van der Waals surface area contributed by atoms with Crippen molar-refractivity contribution in [2.24, 2.45) is 16.5 Å². The molecule has 2 rings (SSSR count). The van der Waals surface area contributed by atoms with Crippen molar-refractivity contribution in [3.8, 4) is 0 Å². The second-order valence-corrected chi connectivity index (χ2v) is 8.19. The highest BCUT2D eigenvalue weighted by atomic mass is 32.1. The number of ether oxygens (including phenoxy) is 1. The Bertz CT molecular complexity index is 729. The molecule has 5 N–H and O–H groups in total. The maximum Gasteiger partial charge on any atom is 0.407 e. The molecule has 1 aromatic carbocycles. The summed E-state index contributed by atoms with van der Waals surface area (Å²) in [7, 11) is 0. The standard InChI is InChI=1S/C18H27N5O2S/c1-18(2,3)25-17(24)22-12(7-6-10-21-16(19)20)11-15-23-13-8-4-5-9-14(13)26-15/h4-5,8-9,12H,6-7,10-11H2,1-3H3,(H,22,24)(H4,19,20,21)/t12-/m0/s1. The first kappa shape index (κ1) is 20.0. The van der Waals surface area contributed by atoms with Gasteiger partial charge in [0.05, 0.1) is 15.2 Å². The fourth-order valence-corrected chi connectivity index (χ4v) is 3.51. The average molecular weight is 378 g/mol. The van der Waals surface area contributed by atoms with Gasteiger partial charge < -0.3 is 21.5 Å². The predicted molar refractivity (Wildman–Crippen MR) is 106 cm³/mol. The van der Waals surface area contributed by atoms with Gasteiger partial charge in [0, 0.05) is 19.0 Å². The zero-order valence-corrected chi connectivity index (χ0v) is 16.3. The Balaban J connectivity index is 2.03. The molecule has 7 nitrogen and oxygen atoms in total. The molecule has 0 saturated carbocycles. The normalized spacial score (nSPS) is 12.6. The summed E-state index contributed by atoms with van der Waals surface area (Å²) in [5.74, 6) is 0.0767. The van der Waals surface area contributed by atoms with Crippen LogP contribution in [0.4, 0.5) is 4.79 Å². The van der Waals surface area contributed by atoms with Gasteiger partial charge in [-0.1, -0.05) is 12.1 Å². The predicted octanol–water partition coefficient (Wildman–Crippen LogP) is 2.79. The third-order valence-electron chi connectivity index (χ3n) is 3.49. The van der Waals surface area contributed by atoms with Crippen LogP contribution in [-0.4, -0.2) is 35.2 Å². The number of nitrogens with one attached hydrogen (secondary N) is 1. The number of aromatic nitrogens is 1. The lowest BCUT2D eigenvalue weighted by Crippen LogP contribution is -2.40. The summed E-state index contributed by atoms with van der Waals surface area (Å²) in [6.07, 6.45) is 1.70. The van der Waals surface area contributed by atoms with Gasteiger partial charge in [0.15, 0.2) is 5.96 Å². The number of alkyl carbamates (subject to hydrolysis) is 1. The van der Waals surface area contributed by atoms with E-state index in [1.165, 1.54) is 0 Å². The van der Waals surface area contributed by atoms with Gasteiger partial charge in [0.1, 0.15) is 5.60 Å². The van der Waals surface area contributed by atoms with E-state index in [9.17, 15) is 4.79 Å². The molecular weight excluding hydrogens is 350 g/mol. The minimum absolute atomic E-state index is 0.0767. The van der Waals surface area contributed by atoms with Crippen molar-refractivity contribution >= 4 is 33.6 Å². The smallest absolute Gasteiger partial charge is 0.407 e. The molecule has 0 saturated heterocycles. The number of hydrogen-bond donors (Lipinski definition) is 3. The molecule has 1 heterocycles. The van der Waals surface area contributed by atoms with E-state index >= 15 is 0 Å². The molecule has 0 aliphatic carbocycles. The van der Waals surface area contributed by atoms with Gasteiger partial charge in [-0.25, -0.2) is 9.78 Å². The van der Waals surface area contributed by atoms with Crippen molar-refractivity contribution in [1.29, 1.82) is 0 Å². The number of nitrogens with zero attached hydrogens (tertiary/aromatic N) is 2. The number of fused-ring (bicyclic) bond motifs is 1. The van der Waals surface area contributed by atoms with Crippen LogP contribution in [0.1, 0.15) is 38.6 Å². The topological polar surface area (TPSA) is 116 Å². The lowest BCUT2D eigenvalue weighted by Gasteiger charge is -2.23. The number of thiazole rings is 1. The maximum atomic E-state index is 12.2. The first-order chi connectivity index (χ1) is 12.2. The molecule has 8 heteroatoms.